The van der Waals surface area contributed by atoms with Crippen molar-refractivity contribution in [3.05, 3.63) is 69.8 Å². The van der Waals surface area contributed by atoms with Crippen LogP contribution in [0.15, 0.2) is 36.4 Å². The Balaban J connectivity index is -0.000000500. The van der Waals surface area contributed by atoms with Crippen LogP contribution in [0.2, 0.25) is 0 Å². The van der Waals surface area contributed by atoms with Crippen LogP contribution in [0.4, 0.5) is 0 Å². The van der Waals surface area contributed by atoms with Crippen LogP contribution in [0.5, 0.6) is 0 Å². The molecule has 0 unspecified atom stereocenters. The molecule has 0 saturated carbocycles. The van der Waals surface area contributed by atoms with E-state index in [-0.39, 0.29) is 154 Å². The van der Waals surface area contributed by atoms with E-state index < -0.39 is 69.2 Å². The van der Waals surface area contributed by atoms with Crippen LogP contribution < -0.4 is 113 Å². The number of carboxylic acids is 6. The molecule has 2 aromatic rings. The van der Waals surface area contributed by atoms with Crippen LogP contribution in [-0.4, -0.2) is 108 Å². The van der Waals surface area contributed by atoms with Gasteiger partial charge in [-0.25, -0.2) is 19.2 Å². The van der Waals surface area contributed by atoms with Gasteiger partial charge in [-0.05, 0) is 47.5 Å². The third-order valence-corrected chi connectivity index (χ3v) is 3.33. The van der Waals surface area contributed by atoms with E-state index in [9.17, 15) is 39.0 Å². The number of carboxylic acid groups (broad SMARTS) is 6. The molecule has 0 aromatic heterocycles. The molecule has 4 N–H and O–H groups in total. The molecule has 15 heteroatoms. The van der Waals surface area contributed by atoms with Crippen molar-refractivity contribution in [3.63, 3.8) is 0 Å². The van der Waals surface area contributed by atoms with Crippen molar-refractivity contribution in [2.45, 2.75) is 0 Å². The molecular formula is C18H10K3O12. The van der Waals surface area contributed by atoms with Gasteiger partial charge in [-0.1, -0.05) is 0 Å². The Morgan fingerprint density at radius 1 is 0.455 bits per heavy atom. The maximum Gasteiger partial charge on any atom is 1.00 e. The summed E-state index contributed by atoms with van der Waals surface area (Å²) in [7, 11) is 0. The predicted molar refractivity (Wildman–Crippen MR) is 95.1 cm³/mol. The van der Waals surface area contributed by atoms with Crippen molar-refractivity contribution >= 4 is 87.2 Å². The Bertz CT molecular complexity index is 838. The molecule has 0 aliphatic heterocycles. The number of carbonyl (C=O) groups is 6. The van der Waals surface area contributed by atoms with Crippen LogP contribution in [-0.2, 0) is 0 Å². The Kier molecular flexibility index (Phi) is 20.1. The van der Waals surface area contributed by atoms with Crippen LogP contribution >= 0.6 is 0 Å². The van der Waals surface area contributed by atoms with Gasteiger partial charge < -0.3 is 40.2 Å². The summed E-state index contributed by atoms with van der Waals surface area (Å²) in [6.45, 7) is 0. The molecule has 12 nitrogen and oxygen atoms in total. The Morgan fingerprint density at radius 3 is 0.727 bits per heavy atom. The number of aromatic carboxylic acids is 6. The van der Waals surface area contributed by atoms with Crippen molar-refractivity contribution in [3.8, 4) is 0 Å². The molecule has 2 rings (SSSR count). The zero-order valence-corrected chi connectivity index (χ0v) is 26.9. The molecule has 33 heavy (non-hydrogen) atoms. The molecule has 157 valence electrons. The van der Waals surface area contributed by atoms with Gasteiger partial charge in [0, 0.05) is 51.4 Å². The molecule has 0 bridgehead atoms. The van der Waals surface area contributed by atoms with E-state index in [1.807, 2.05) is 0 Å². The van der Waals surface area contributed by atoms with E-state index in [0.717, 1.165) is 36.4 Å². The first-order chi connectivity index (χ1) is 13.8. The normalized spacial score (nSPS) is 8.73. The van der Waals surface area contributed by atoms with Gasteiger partial charge in [-0.15, -0.1) is 0 Å². The summed E-state index contributed by atoms with van der Waals surface area (Å²) in [4.78, 5) is 63.1. The largest absolute Gasteiger partial charge is 1.00 e. The third-order valence-electron chi connectivity index (χ3n) is 3.33. The second-order valence-electron chi connectivity index (χ2n) is 5.39. The van der Waals surface area contributed by atoms with Gasteiger partial charge in [0.15, 0.2) is 0 Å². The second-order valence-corrected chi connectivity index (χ2v) is 5.39. The Labute approximate surface area is 312 Å². The second kappa shape index (κ2) is 17.6. The number of carbonyl (C=O) groups excluding carboxylic acids is 2. The number of hydrogen-bond donors (Lipinski definition) is 4. The van der Waals surface area contributed by atoms with E-state index in [2.05, 4.69) is 0 Å². The van der Waals surface area contributed by atoms with Gasteiger partial charge in [0.1, 0.15) is 0 Å². The first-order valence-corrected chi connectivity index (χ1v) is 7.49. The van der Waals surface area contributed by atoms with E-state index in [1.165, 1.54) is 0 Å². The van der Waals surface area contributed by atoms with Gasteiger partial charge in [-0.2, -0.15) is 0 Å². The van der Waals surface area contributed by atoms with Crippen LogP contribution in [0.1, 0.15) is 62.1 Å². The predicted octanol–water partition coefficient (Wildman–Crippen LogP) is -7.48. The summed E-state index contributed by atoms with van der Waals surface area (Å²) in [6, 6.07) is 5.09. The molecule has 0 spiro atoms. The minimum absolute atomic E-state index is 0. The van der Waals surface area contributed by atoms with E-state index in [1.54, 1.807) is 0 Å². The Morgan fingerprint density at radius 2 is 0.606 bits per heavy atom. The SMILES string of the molecule is O=C([O-])c1cc(C(=O)O)cc(C(=O)O)c1.O=C([O-])c1cc(C(=O)O)cc(C(=O)O)c1.[K+].[K+].[K]. The van der Waals surface area contributed by atoms with Crippen LogP contribution in [0.25, 0.3) is 0 Å². The summed E-state index contributed by atoms with van der Waals surface area (Å²) in [5, 5.41) is 55.3. The van der Waals surface area contributed by atoms with Crippen LogP contribution in [0.3, 0.4) is 0 Å². The fraction of sp³-hybridized carbons (Fsp3) is 0. The summed E-state index contributed by atoms with van der Waals surface area (Å²) in [5.41, 5.74) is -2.59. The number of benzene rings is 2. The summed E-state index contributed by atoms with van der Waals surface area (Å²) >= 11 is 0. The molecule has 0 heterocycles. The molecule has 2 aromatic carbocycles. The zero-order valence-electron chi connectivity index (χ0n) is 17.5. The topological polar surface area (TPSA) is 229 Å². The summed E-state index contributed by atoms with van der Waals surface area (Å²) < 4.78 is 0. The monoisotopic (exact) mass is 535 g/mol. The summed E-state index contributed by atoms with van der Waals surface area (Å²) in [5.74, 6) is -8.86. The van der Waals surface area contributed by atoms with Crippen molar-refractivity contribution in [1.82, 2.24) is 0 Å². The number of hydrogen-bond acceptors (Lipinski definition) is 8. The fourth-order valence-electron chi connectivity index (χ4n) is 1.98. The maximum absolute atomic E-state index is 10.5. The van der Waals surface area contributed by atoms with Crippen molar-refractivity contribution in [2.24, 2.45) is 0 Å². The molecule has 0 fully saturated rings. The third kappa shape index (κ3) is 12.6. The zero-order chi connectivity index (χ0) is 23.2. The quantitative estimate of drug-likeness (QED) is 0.253. The fourth-order valence-corrected chi connectivity index (χ4v) is 1.98. The smallest absolute Gasteiger partial charge is 0.545 e. The minimum Gasteiger partial charge on any atom is -0.545 e. The average molecular weight is 536 g/mol. The molecular weight excluding hydrogens is 525 g/mol. The van der Waals surface area contributed by atoms with Gasteiger partial charge >= 0.3 is 127 Å². The van der Waals surface area contributed by atoms with E-state index in [0.29, 0.717) is 0 Å². The van der Waals surface area contributed by atoms with Crippen molar-refractivity contribution in [2.75, 3.05) is 0 Å². The van der Waals surface area contributed by atoms with E-state index in [4.69, 9.17) is 20.4 Å². The van der Waals surface area contributed by atoms with Gasteiger partial charge in [-0.3, -0.25) is 0 Å². The molecule has 0 atom stereocenters. The standard InChI is InChI=1S/2C9H6O6.3K/c2*10-7(11)4-1-5(8(12)13)3-6(2-4)9(14)15;;;/h2*1-3H,(H,10,11)(H,12,13)(H,14,15);;;/q;;;2*+1/p-2. The maximum atomic E-state index is 10.5. The van der Waals surface area contributed by atoms with E-state index >= 15 is 0 Å². The molecule has 0 saturated heterocycles. The van der Waals surface area contributed by atoms with Gasteiger partial charge in [0.05, 0.1) is 34.2 Å². The Hall–Kier alpha value is 0.169. The number of rotatable bonds is 6. The van der Waals surface area contributed by atoms with Crippen molar-refractivity contribution in [1.29, 1.82) is 0 Å². The first-order valence-electron chi connectivity index (χ1n) is 7.49. The van der Waals surface area contributed by atoms with Gasteiger partial charge in [0.2, 0.25) is 0 Å². The van der Waals surface area contributed by atoms with Crippen LogP contribution in [0, 0.1) is 0 Å². The molecule has 0 amide bonds. The van der Waals surface area contributed by atoms with Crippen molar-refractivity contribution < 1.29 is 162 Å². The average Bonchev–Trinajstić information content (AvgIpc) is 2.67. The van der Waals surface area contributed by atoms with Gasteiger partial charge in [0.25, 0.3) is 0 Å². The molecule has 0 aliphatic carbocycles. The molecule has 0 aliphatic rings. The minimum atomic E-state index is -1.62. The first kappa shape index (κ1) is 37.7. The molecule has 1 radical (unpaired) electrons. The summed E-state index contributed by atoms with van der Waals surface area (Å²) in [6.07, 6.45) is 0.